The first-order valence-electron chi connectivity index (χ1n) is 9.95. The van der Waals surface area contributed by atoms with E-state index in [0.29, 0.717) is 21.8 Å². The van der Waals surface area contributed by atoms with Crippen LogP contribution in [0.5, 0.6) is 0 Å². The summed E-state index contributed by atoms with van der Waals surface area (Å²) in [5, 5.41) is 2.75. The molecule has 0 saturated carbocycles. The minimum absolute atomic E-state index is 0.201. The first-order valence-corrected chi connectivity index (χ1v) is 10.8. The molecule has 1 N–H and O–H groups in total. The molecular weight excluding hydrogens is 451 g/mol. The van der Waals surface area contributed by atoms with Crippen LogP contribution in [0.1, 0.15) is 16.8 Å². The Labute approximate surface area is 192 Å². The van der Waals surface area contributed by atoms with E-state index >= 15 is 0 Å². The van der Waals surface area contributed by atoms with Crippen LogP contribution in [0.3, 0.4) is 0 Å². The third kappa shape index (κ3) is 5.43. The van der Waals surface area contributed by atoms with Crippen molar-refractivity contribution in [2.24, 2.45) is 0 Å². The van der Waals surface area contributed by atoms with E-state index in [9.17, 15) is 22.8 Å². The summed E-state index contributed by atoms with van der Waals surface area (Å²) in [6.45, 7) is 0.0277. The Kier molecular flexibility index (Phi) is 6.50. The van der Waals surface area contributed by atoms with Gasteiger partial charge in [-0.1, -0.05) is 42.1 Å². The highest BCUT2D eigenvalue weighted by Crippen LogP contribution is 2.42. The Morgan fingerprint density at radius 3 is 2.45 bits per heavy atom. The highest BCUT2D eigenvalue weighted by atomic mass is 32.2. The number of pyridine rings is 1. The predicted octanol–water partition coefficient (Wildman–Crippen LogP) is 4.90. The topological polar surface area (TPSA) is 62.3 Å². The maximum Gasteiger partial charge on any atom is 0.416 e. The number of hydrogen-bond acceptors (Lipinski definition) is 4. The van der Waals surface area contributed by atoms with Crippen molar-refractivity contribution in [3.05, 3.63) is 94.7 Å². The smallest absolute Gasteiger partial charge is 0.349 e. The first kappa shape index (κ1) is 22.6. The Morgan fingerprint density at radius 2 is 1.76 bits per heavy atom. The van der Waals surface area contributed by atoms with E-state index in [1.807, 2.05) is 18.2 Å². The molecule has 9 heteroatoms. The number of hydrogen-bond donors (Lipinski definition) is 1. The molecule has 3 aromatic rings. The van der Waals surface area contributed by atoms with Gasteiger partial charge in [-0.05, 0) is 48.0 Å². The molecule has 168 valence electrons. The molecule has 2 amide bonds. The predicted molar refractivity (Wildman–Crippen MR) is 120 cm³/mol. The van der Waals surface area contributed by atoms with Crippen molar-refractivity contribution in [2.45, 2.75) is 17.6 Å². The number of carbonyl (C=O) groups excluding carboxylic acids is 2. The number of para-hydroxylation sites is 1. The summed E-state index contributed by atoms with van der Waals surface area (Å²) in [6, 6.07) is 17.1. The average molecular weight is 469 g/mol. The van der Waals surface area contributed by atoms with Crippen LogP contribution in [0.2, 0.25) is 0 Å². The van der Waals surface area contributed by atoms with E-state index < -0.39 is 17.6 Å². The van der Waals surface area contributed by atoms with Crippen molar-refractivity contribution in [2.75, 3.05) is 11.4 Å². The van der Waals surface area contributed by atoms with Crippen molar-refractivity contribution < 1.29 is 22.8 Å². The second-order valence-corrected chi connectivity index (χ2v) is 8.27. The SMILES string of the molecule is O=C(CN1C(=O)C(=Cc2ccc(C(F)(F)F)cc2)Sc2ccccc21)NCc1ccccn1. The van der Waals surface area contributed by atoms with Crippen molar-refractivity contribution >= 4 is 35.3 Å². The number of rotatable bonds is 5. The van der Waals surface area contributed by atoms with Gasteiger partial charge in [0.1, 0.15) is 6.54 Å². The van der Waals surface area contributed by atoms with Crippen molar-refractivity contribution in [1.82, 2.24) is 10.3 Å². The minimum Gasteiger partial charge on any atom is -0.349 e. The number of nitrogens with one attached hydrogen (secondary N) is 1. The summed E-state index contributed by atoms with van der Waals surface area (Å²) in [7, 11) is 0. The number of alkyl halides is 3. The van der Waals surface area contributed by atoms with E-state index in [1.165, 1.54) is 34.9 Å². The fraction of sp³-hybridized carbons (Fsp3) is 0.125. The van der Waals surface area contributed by atoms with Crippen LogP contribution in [0.25, 0.3) is 6.08 Å². The molecule has 1 aliphatic rings. The zero-order valence-corrected chi connectivity index (χ0v) is 18.0. The number of nitrogens with zero attached hydrogens (tertiary/aromatic N) is 2. The number of anilines is 1. The maximum atomic E-state index is 13.2. The van der Waals surface area contributed by atoms with Crippen LogP contribution in [0.15, 0.2) is 82.7 Å². The molecule has 0 atom stereocenters. The van der Waals surface area contributed by atoms with Crippen molar-refractivity contribution in [3.8, 4) is 0 Å². The van der Waals surface area contributed by atoms with Gasteiger partial charge < -0.3 is 5.32 Å². The molecule has 2 aromatic carbocycles. The largest absolute Gasteiger partial charge is 0.416 e. The molecule has 1 aromatic heterocycles. The second-order valence-electron chi connectivity index (χ2n) is 7.19. The standard InChI is InChI=1S/C24H18F3N3O2S/c25-24(26,27)17-10-8-16(9-11-17)13-21-23(32)30(19-6-1-2-7-20(19)33-21)15-22(31)29-14-18-5-3-4-12-28-18/h1-13H,14-15H2,(H,29,31). The summed E-state index contributed by atoms with van der Waals surface area (Å²) in [5.74, 6) is -0.754. The van der Waals surface area contributed by atoms with Crippen molar-refractivity contribution in [1.29, 1.82) is 0 Å². The van der Waals surface area contributed by atoms with Gasteiger partial charge in [-0.2, -0.15) is 13.2 Å². The second kappa shape index (κ2) is 9.50. The lowest BCUT2D eigenvalue weighted by Gasteiger charge is -2.29. The third-order valence-electron chi connectivity index (χ3n) is 4.86. The van der Waals surface area contributed by atoms with Gasteiger partial charge in [0.05, 0.1) is 28.4 Å². The van der Waals surface area contributed by atoms with Gasteiger partial charge in [-0.25, -0.2) is 0 Å². The fourth-order valence-electron chi connectivity index (χ4n) is 3.23. The average Bonchev–Trinajstić information content (AvgIpc) is 2.81. The van der Waals surface area contributed by atoms with Gasteiger partial charge in [-0.15, -0.1) is 0 Å². The Balaban J connectivity index is 1.55. The Bertz CT molecular complexity index is 1200. The van der Waals surface area contributed by atoms with Gasteiger partial charge in [0, 0.05) is 11.1 Å². The third-order valence-corrected chi connectivity index (χ3v) is 5.94. The lowest BCUT2D eigenvalue weighted by molar-refractivity contribution is -0.137. The van der Waals surface area contributed by atoms with Crippen LogP contribution in [0.4, 0.5) is 18.9 Å². The Hall–Kier alpha value is -3.59. The summed E-state index contributed by atoms with van der Waals surface area (Å²) in [6.07, 6.45) is -1.28. The lowest BCUT2D eigenvalue weighted by Crippen LogP contribution is -2.42. The number of halogens is 3. The van der Waals surface area contributed by atoms with E-state index in [1.54, 1.807) is 30.5 Å². The normalized spacial score (nSPS) is 14.8. The highest BCUT2D eigenvalue weighted by Gasteiger charge is 2.31. The molecule has 2 heterocycles. The minimum atomic E-state index is -4.43. The number of amides is 2. The molecule has 0 aliphatic carbocycles. The molecule has 1 aliphatic heterocycles. The summed E-state index contributed by atoms with van der Waals surface area (Å²) in [5.41, 5.74) is 0.987. The number of thioether (sulfide) groups is 1. The monoisotopic (exact) mass is 469 g/mol. The van der Waals surface area contributed by atoms with Crippen LogP contribution in [-0.2, 0) is 22.3 Å². The van der Waals surface area contributed by atoms with Crippen LogP contribution >= 0.6 is 11.8 Å². The zero-order valence-electron chi connectivity index (χ0n) is 17.2. The van der Waals surface area contributed by atoms with Crippen LogP contribution < -0.4 is 10.2 Å². The van der Waals surface area contributed by atoms with Gasteiger partial charge in [0.15, 0.2) is 0 Å². The Morgan fingerprint density at radius 1 is 1.03 bits per heavy atom. The summed E-state index contributed by atoms with van der Waals surface area (Å²) >= 11 is 1.22. The molecule has 0 spiro atoms. The lowest BCUT2D eigenvalue weighted by atomic mass is 10.1. The first-order chi connectivity index (χ1) is 15.8. The molecule has 4 rings (SSSR count). The fourth-order valence-corrected chi connectivity index (χ4v) is 4.29. The van der Waals surface area contributed by atoms with Crippen molar-refractivity contribution in [3.63, 3.8) is 0 Å². The van der Waals surface area contributed by atoms with E-state index in [-0.39, 0.29) is 19.0 Å². The maximum absolute atomic E-state index is 13.2. The van der Waals surface area contributed by atoms with Crippen LogP contribution in [-0.4, -0.2) is 23.3 Å². The molecule has 0 radical (unpaired) electrons. The molecule has 0 bridgehead atoms. The number of fused-ring (bicyclic) bond motifs is 1. The number of aromatic nitrogens is 1. The molecule has 5 nitrogen and oxygen atoms in total. The van der Waals surface area contributed by atoms with Gasteiger partial charge in [-0.3, -0.25) is 19.5 Å². The number of carbonyl (C=O) groups is 2. The highest BCUT2D eigenvalue weighted by molar-refractivity contribution is 8.04. The van der Waals surface area contributed by atoms with Gasteiger partial charge in [0.25, 0.3) is 5.91 Å². The van der Waals surface area contributed by atoms with Gasteiger partial charge in [0.2, 0.25) is 5.91 Å². The summed E-state index contributed by atoms with van der Waals surface area (Å²) in [4.78, 5) is 32.4. The quantitative estimate of drug-likeness (QED) is 0.540. The van der Waals surface area contributed by atoms with E-state index in [2.05, 4.69) is 10.3 Å². The molecule has 0 saturated heterocycles. The van der Waals surface area contributed by atoms with E-state index in [4.69, 9.17) is 0 Å². The molecule has 0 unspecified atom stereocenters. The van der Waals surface area contributed by atoms with E-state index in [0.717, 1.165) is 17.0 Å². The molecule has 33 heavy (non-hydrogen) atoms. The summed E-state index contributed by atoms with van der Waals surface area (Å²) < 4.78 is 38.5. The van der Waals surface area contributed by atoms with Crippen LogP contribution in [0, 0.1) is 0 Å². The zero-order chi connectivity index (χ0) is 23.4. The molecule has 0 fully saturated rings. The molecular formula is C24H18F3N3O2S. The van der Waals surface area contributed by atoms with Gasteiger partial charge >= 0.3 is 6.18 Å². The number of benzene rings is 2.